The van der Waals surface area contributed by atoms with E-state index >= 15 is 0 Å². The van der Waals surface area contributed by atoms with Crippen LogP contribution >= 0.6 is 0 Å². The zero-order valence-electron chi connectivity index (χ0n) is 10.2. The van der Waals surface area contributed by atoms with Gasteiger partial charge in [-0.25, -0.2) is 0 Å². The summed E-state index contributed by atoms with van der Waals surface area (Å²) < 4.78 is 5.28. The van der Waals surface area contributed by atoms with Crippen molar-refractivity contribution in [2.45, 2.75) is 6.10 Å². The number of carbonyl (C=O) groups is 1. The summed E-state index contributed by atoms with van der Waals surface area (Å²) in [6.45, 7) is 1.61. The van der Waals surface area contributed by atoms with E-state index in [1.165, 1.54) is 12.3 Å². The minimum atomic E-state index is -0.552. The Balaban J connectivity index is 1.94. The van der Waals surface area contributed by atoms with Crippen molar-refractivity contribution >= 4 is 11.5 Å². The number of ketones is 1. The van der Waals surface area contributed by atoms with Gasteiger partial charge in [0.15, 0.2) is 5.78 Å². The Morgan fingerprint density at radius 2 is 2.47 bits per heavy atom. The third-order valence-electron chi connectivity index (χ3n) is 2.97. The second kappa shape index (κ2) is 5.91. The number of nitrogens with zero attached hydrogens (tertiary/aromatic N) is 2. The molecule has 1 aromatic rings. The van der Waals surface area contributed by atoms with Gasteiger partial charge < -0.3 is 14.8 Å². The zero-order valence-corrected chi connectivity index (χ0v) is 10.2. The van der Waals surface area contributed by atoms with Gasteiger partial charge in [0, 0.05) is 19.2 Å². The third kappa shape index (κ3) is 3.37. The summed E-state index contributed by atoms with van der Waals surface area (Å²) in [4.78, 5) is 26.4. The topological polar surface area (TPSA) is 109 Å². The zero-order chi connectivity index (χ0) is 13.8. The molecule has 1 aliphatic heterocycles. The molecule has 1 aromatic heterocycles. The van der Waals surface area contributed by atoms with Gasteiger partial charge in [0.05, 0.1) is 42.7 Å². The largest absolute Gasteiger partial charge is 0.394 e. The molecule has 0 spiro atoms. The van der Waals surface area contributed by atoms with Gasteiger partial charge in [-0.3, -0.25) is 19.8 Å². The second-order valence-corrected chi connectivity index (χ2v) is 4.36. The van der Waals surface area contributed by atoms with Crippen LogP contribution in [0.3, 0.4) is 0 Å². The molecule has 0 amide bonds. The SMILES string of the molecule is O=C(CN1CCOC(CO)C1)c1cc([N+](=O)[O-])c[nH]1. The molecule has 19 heavy (non-hydrogen) atoms. The van der Waals surface area contributed by atoms with E-state index in [0.717, 1.165) is 0 Å². The summed E-state index contributed by atoms with van der Waals surface area (Å²) in [6, 6.07) is 1.23. The Bertz CT molecular complexity index is 473. The highest BCUT2D eigenvalue weighted by Gasteiger charge is 2.23. The van der Waals surface area contributed by atoms with Gasteiger partial charge in [0.2, 0.25) is 0 Å². The van der Waals surface area contributed by atoms with Crippen molar-refractivity contribution in [3.05, 3.63) is 28.1 Å². The van der Waals surface area contributed by atoms with Gasteiger partial charge in [-0.1, -0.05) is 0 Å². The molecule has 8 heteroatoms. The maximum atomic E-state index is 11.9. The van der Waals surface area contributed by atoms with Crippen LogP contribution in [-0.4, -0.2) is 64.6 Å². The molecule has 1 aliphatic rings. The number of aromatic nitrogens is 1. The summed E-state index contributed by atoms with van der Waals surface area (Å²) in [7, 11) is 0. The quantitative estimate of drug-likeness (QED) is 0.435. The Morgan fingerprint density at radius 1 is 1.68 bits per heavy atom. The Hall–Kier alpha value is -1.77. The lowest BCUT2D eigenvalue weighted by Gasteiger charge is -2.31. The molecule has 0 saturated carbocycles. The second-order valence-electron chi connectivity index (χ2n) is 4.36. The van der Waals surface area contributed by atoms with Crippen molar-refractivity contribution in [1.82, 2.24) is 9.88 Å². The van der Waals surface area contributed by atoms with Crippen molar-refractivity contribution in [1.29, 1.82) is 0 Å². The number of nitro groups is 1. The van der Waals surface area contributed by atoms with Crippen LogP contribution in [0.15, 0.2) is 12.3 Å². The summed E-state index contributed by atoms with van der Waals surface area (Å²) in [5.74, 6) is -0.216. The first kappa shape index (κ1) is 13.7. The molecule has 0 aliphatic carbocycles. The molecule has 0 radical (unpaired) electrons. The summed E-state index contributed by atoms with van der Waals surface area (Å²) in [6.07, 6.45) is 0.919. The van der Waals surface area contributed by atoms with Crippen molar-refractivity contribution < 1.29 is 19.6 Å². The van der Waals surface area contributed by atoms with Crippen LogP contribution in [0.25, 0.3) is 0 Å². The van der Waals surface area contributed by atoms with Gasteiger partial charge >= 0.3 is 0 Å². The number of hydrogen-bond acceptors (Lipinski definition) is 6. The van der Waals surface area contributed by atoms with Crippen LogP contribution in [0, 0.1) is 10.1 Å². The fourth-order valence-electron chi connectivity index (χ4n) is 1.97. The van der Waals surface area contributed by atoms with Crippen LogP contribution in [0.5, 0.6) is 0 Å². The minimum absolute atomic E-state index is 0.0847. The normalized spacial score (nSPS) is 20.4. The number of aliphatic hydroxyl groups is 1. The van der Waals surface area contributed by atoms with Crippen LogP contribution in [-0.2, 0) is 4.74 Å². The first-order chi connectivity index (χ1) is 9.10. The molecule has 1 fully saturated rings. The third-order valence-corrected chi connectivity index (χ3v) is 2.97. The van der Waals surface area contributed by atoms with E-state index in [9.17, 15) is 14.9 Å². The van der Waals surface area contributed by atoms with Crippen molar-refractivity contribution in [2.24, 2.45) is 0 Å². The Morgan fingerprint density at radius 3 is 3.11 bits per heavy atom. The highest BCUT2D eigenvalue weighted by atomic mass is 16.6. The number of morpholine rings is 1. The molecule has 1 atom stereocenters. The lowest BCUT2D eigenvalue weighted by molar-refractivity contribution is -0.384. The molecule has 1 unspecified atom stereocenters. The monoisotopic (exact) mass is 269 g/mol. The van der Waals surface area contributed by atoms with E-state index < -0.39 is 4.92 Å². The maximum absolute atomic E-state index is 11.9. The first-order valence-electron chi connectivity index (χ1n) is 5.91. The smallest absolute Gasteiger partial charge is 0.287 e. The van der Waals surface area contributed by atoms with Crippen LogP contribution in [0.4, 0.5) is 5.69 Å². The molecule has 0 bridgehead atoms. The number of aliphatic hydroxyl groups excluding tert-OH is 1. The molecule has 2 heterocycles. The highest BCUT2D eigenvalue weighted by molar-refractivity contribution is 5.96. The molecular formula is C11H15N3O5. The number of nitrogens with one attached hydrogen (secondary N) is 1. The number of Topliss-reactive ketones (excluding diaryl/α,β-unsaturated/α-hetero) is 1. The summed E-state index contributed by atoms with van der Waals surface area (Å²) in [5.41, 5.74) is 0.0947. The lowest BCUT2D eigenvalue weighted by atomic mass is 10.2. The van der Waals surface area contributed by atoms with E-state index in [1.54, 1.807) is 0 Å². The van der Waals surface area contributed by atoms with Crippen molar-refractivity contribution in [3.8, 4) is 0 Å². The molecule has 1 saturated heterocycles. The fourth-order valence-corrected chi connectivity index (χ4v) is 1.97. The average Bonchev–Trinajstić information content (AvgIpc) is 2.89. The number of aromatic amines is 1. The van der Waals surface area contributed by atoms with Gasteiger partial charge in [-0.05, 0) is 0 Å². The van der Waals surface area contributed by atoms with Gasteiger partial charge in [0.25, 0.3) is 5.69 Å². The molecule has 0 aromatic carbocycles. The van der Waals surface area contributed by atoms with Gasteiger partial charge in [0.1, 0.15) is 0 Å². The molecular weight excluding hydrogens is 254 g/mol. The molecule has 2 rings (SSSR count). The lowest BCUT2D eigenvalue weighted by Crippen LogP contribution is -2.46. The molecule has 104 valence electrons. The summed E-state index contributed by atoms with van der Waals surface area (Å²) in [5, 5.41) is 19.5. The summed E-state index contributed by atoms with van der Waals surface area (Å²) >= 11 is 0. The van der Waals surface area contributed by atoms with E-state index in [2.05, 4.69) is 4.98 Å². The van der Waals surface area contributed by atoms with Gasteiger partial charge in [-0.2, -0.15) is 0 Å². The predicted octanol–water partition coefficient (Wildman–Crippen LogP) is -0.201. The first-order valence-corrected chi connectivity index (χ1v) is 5.91. The van der Waals surface area contributed by atoms with Crippen LogP contribution in [0.1, 0.15) is 10.5 Å². The number of carbonyl (C=O) groups excluding carboxylic acids is 1. The van der Waals surface area contributed by atoms with Crippen LogP contribution in [0.2, 0.25) is 0 Å². The molecule has 8 nitrogen and oxygen atoms in total. The Kier molecular flexibility index (Phi) is 4.25. The molecule has 2 N–H and O–H groups in total. The average molecular weight is 269 g/mol. The Labute approximate surface area is 109 Å². The maximum Gasteiger partial charge on any atom is 0.287 e. The number of hydrogen-bond donors (Lipinski definition) is 2. The minimum Gasteiger partial charge on any atom is -0.394 e. The number of ether oxygens (including phenoxy) is 1. The number of rotatable bonds is 5. The van der Waals surface area contributed by atoms with E-state index in [4.69, 9.17) is 9.84 Å². The van der Waals surface area contributed by atoms with Crippen molar-refractivity contribution in [2.75, 3.05) is 32.8 Å². The van der Waals surface area contributed by atoms with E-state index in [0.29, 0.717) is 19.7 Å². The van der Waals surface area contributed by atoms with E-state index in [1.807, 2.05) is 4.90 Å². The number of H-pyrrole nitrogens is 1. The van der Waals surface area contributed by atoms with E-state index in [-0.39, 0.29) is 36.4 Å². The van der Waals surface area contributed by atoms with Crippen LogP contribution < -0.4 is 0 Å². The fraction of sp³-hybridized carbons (Fsp3) is 0.545. The highest BCUT2D eigenvalue weighted by Crippen LogP contribution is 2.13. The van der Waals surface area contributed by atoms with Crippen molar-refractivity contribution in [3.63, 3.8) is 0 Å². The standard InChI is InChI=1S/C11H15N3O5/c15-7-9-5-13(1-2-19-9)6-11(16)10-3-8(4-12-10)14(17)18/h3-4,9,12,15H,1-2,5-7H2. The predicted molar refractivity (Wildman–Crippen MR) is 65.0 cm³/mol. The van der Waals surface area contributed by atoms with Gasteiger partial charge in [-0.15, -0.1) is 0 Å².